The molecule has 0 amide bonds. The first-order valence-electron chi connectivity index (χ1n) is 7.50. The summed E-state index contributed by atoms with van der Waals surface area (Å²) in [6, 6.07) is 8.28. The van der Waals surface area contributed by atoms with E-state index in [2.05, 4.69) is 22.4 Å². The van der Waals surface area contributed by atoms with Crippen LogP contribution in [0.1, 0.15) is 10.4 Å². The fourth-order valence-electron chi connectivity index (χ4n) is 2.59. The van der Waals surface area contributed by atoms with Crippen molar-refractivity contribution in [2.45, 2.75) is 13.1 Å². The van der Waals surface area contributed by atoms with Gasteiger partial charge >= 0.3 is 0 Å². The minimum absolute atomic E-state index is 0.248. The molecule has 23 heavy (non-hydrogen) atoms. The second-order valence-corrected chi connectivity index (χ2v) is 6.35. The van der Waals surface area contributed by atoms with Crippen LogP contribution in [-0.2, 0) is 17.8 Å². The van der Waals surface area contributed by atoms with Crippen LogP contribution in [0.15, 0.2) is 29.6 Å². The van der Waals surface area contributed by atoms with Crippen molar-refractivity contribution in [1.82, 2.24) is 4.90 Å². The van der Waals surface area contributed by atoms with E-state index in [0.29, 0.717) is 12.4 Å². The van der Waals surface area contributed by atoms with Gasteiger partial charge in [-0.25, -0.2) is 0 Å². The molecule has 1 aliphatic heterocycles. The van der Waals surface area contributed by atoms with E-state index in [1.54, 1.807) is 25.6 Å². The van der Waals surface area contributed by atoms with E-state index in [0.717, 1.165) is 36.7 Å². The lowest BCUT2D eigenvalue weighted by atomic mass is 10.1. The highest BCUT2D eigenvalue weighted by atomic mass is 32.1. The van der Waals surface area contributed by atoms with Gasteiger partial charge in [-0.05, 0) is 29.1 Å². The van der Waals surface area contributed by atoms with Gasteiger partial charge < -0.3 is 18.9 Å². The van der Waals surface area contributed by atoms with Crippen molar-refractivity contribution in [3.63, 3.8) is 0 Å². The van der Waals surface area contributed by atoms with Crippen LogP contribution in [0.25, 0.3) is 0 Å². The first-order valence-corrected chi connectivity index (χ1v) is 8.38. The van der Waals surface area contributed by atoms with E-state index in [4.69, 9.17) is 18.9 Å². The van der Waals surface area contributed by atoms with Crippen LogP contribution in [0.5, 0.6) is 17.2 Å². The third-order valence-corrected chi connectivity index (χ3v) is 4.56. The Balaban J connectivity index is 1.76. The zero-order valence-corrected chi connectivity index (χ0v) is 14.2. The van der Waals surface area contributed by atoms with Crippen LogP contribution in [-0.4, -0.2) is 39.1 Å². The number of nitrogens with zero attached hydrogens (tertiary/aromatic N) is 1. The number of hydrogen-bond donors (Lipinski definition) is 0. The largest absolute Gasteiger partial charge is 0.493 e. The Morgan fingerprint density at radius 2 is 2.13 bits per heavy atom. The van der Waals surface area contributed by atoms with Crippen LogP contribution in [0.4, 0.5) is 0 Å². The first kappa shape index (κ1) is 16.1. The van der Waals surface area contributed by atoms with Crippen molar-refractivity contribution >= 4 is 11.3 Å². The third-order valence-electron chi connectivity index (χ3n) is 3.70. The van der Waals surface area contributed by atoms with Gasteiger partial charge in [0, 0.05) is 31.6 Å². The Morgan fingerprint density at radius 3 is 2.87 bits per heavy atom. The summed E-state index contributed by atoms with van der Waals surface area (Å²) in [7, 11) is 3.38. The summed E-state index contributed by atoms with van der Waals surface area (Å²) >= 11 is 1.77. The lowest BCUT2D eigenvalue weighted by Gasteiger charge is -2.22. The van der Waals surface area contributed by atoms with E-state index in [1.807, 2.05) is 12.1 Å². The minimum Gasteiger partial charge on any atom is -0.493 e. The van der Waals surface area contributed by atoms with E-state index in [-0.39, 0.29) is 6.79 Å². The summed E-state index contributed by atoms with van der Waals surface area (Å²) < 4.78 is 21.6. The molecule has 0 bridgehead atoms. The van der Waals surface area contributed by atoms with Crippen LogP contribution >= 0.6 is 11.3 Å². The molecule has 0 atom stereocenters. The fraction of sp³-hybridized carbons (Fsp3) is 0.412. The smallest absolute Gasteiger partial charge is 0.231 e. The number of hydrogen-bond acceptors (Lipinski definition) is 6. The highest BCUT2D eigenvalue weighted by molar-refractivity contribution is 7.09. The molecule has 1 aromatic heterocycles. The molecule has 1 aromatic carbocycles. The van der Waals surface area contributed by atoms with Crippen LogP contribution in [0.2, 0.25) is 0 Å². The predicted molar refractivity (Wildman–Crippen MR) is 89.4 cm³/mol. The van der Waals surface area contributed by atoms with Gasteiger partial charge in [0.05, 0.1) is 13.7 Å². The van der Waals surface area contributed by atoms with Crippen molar-refractivity contribution in [3.05, 3.63) is 40.1 Å². The Bertz CT molecular complexity index is 630. The summed E-state index contributed by atoms with van der Waals surface area (Å²) in [5, 5.41) is 2.10. The average molecular weight is 335 g/mol. The molecule has 2 heterocycles. The van der Waals surface area contributed by atoms with Crippen LogP contribution < -0.4 is 14.2 Å². The Hall–Kier alpha value is -1.76. The van der Waals surface area contributed by atoms with E-state index < -0.39 is 0 Å². The topological polar surface area (TPSA) is 40.2 Å². The molecule has 0 fully saturated rings. The molecule has 0 aliphatic carbocycles. The molecule has 124 valence electrons. The maximum Gasteiger partial charge on any atom is 0.231 e. The molecule has 0 spiro atoms. The summed E-state index contributed by atoms with van der Waals surface area (Å²) in [6.07, 6.45) is 0. The van der Waals surface area contributed by atoms with Gasteiger partial charge in [0.25, 0.3) is 0 Å². The fourth-order valence-corrected chi connectivity index (χ4v) is 3.34. The second-order valence-electron chi connectivity index (χ2n) is 5.31. The van der Waals surface area contributed by atoms with Gasteiger partial charge in [-0.2, -0.15) is 0 Å². The zero-order chi connectivity index (χ0) is 16.1. The van der Waals surface area contributed by atoms with E-state index in [9.17, 15) is 0 Å². The summed E-state index contributed by atoms with van der Waals surface area (Å²) in [4.78, 5) is 3.69. The molecular formula is C17H21NO4S. The van der Waals surface area contributed by atoms with Crippen LogP contribution in [0, 0.1) is 0 Å². The maximum absolute atomic E-state index is 5.51. The number of thiophene rings is 1. The monoisotopic (exact) mass is 335 g/mol. The number of rotatable bonds is 8. The summed E-state index contributed by atoms with van der Waals surface area (Å²) in [6.45, 7) is 3.52. The zero-order valence-electron chi connectivity index (χ0n) is 13.4. The van der Waals surface area contributed by atoms with Crippen molar-refractivity contribution in [3.8, 4) is 17.2 Å². The van der Waals surface area contributed by atoms with Gasteiger partial charge in [-0.1, -0.05) is 6.07 Å². The Morgan fingerprint density at radius 1 is 1.22 bits per heavy atom. The van der Waals surface area contributed by atoms with Gasteiger partial charge in [0.1, 0.15) is 0 Å². The summed E-state index contributed by atoms with van der Waals surface area (Å²) in [5.41, 5.74) is 1.14. The molecular weight excluding hydrogens is 314 g/mol. The molecule has 3 rings (SSSR count). The van der Waals surface area contributed by atoms with Crippen molar-refractivity contribution in [2.24, 2.45) is 0 Å². The highest BCUT2D eigenvalue weighted by Gasteiger charge is 2.21. The van der Waals surface area contributed by atoms with Crippen molar-refractivity contribution in [1.29, 1.82) is 0 Å². The van der Waals surface area contributed by atoms with Gasteiger partial charge in [-0.15, -0.1) is 11.3 Å². The molecule has 5 nitrogen and oxygen atoms in total. The van der Waals surface area contributed by atoms with E-state index in [1.165, 1.54) is 4.88 Å². The molecule has 2 aromatic rings. The number of benzene rings is 1. The van der Waals surface area contributed by atoms with Gasteiger partial charge in [0.15, 0.2) is 11.5 Å². The SMILES string of the molecule is COCCN(Cc1cc(OC)c2c(c1)OCO2)Cc1cccs1. The van der Waals surface area contributed by atoms with E-state index >= 15 is 0 Å². The Labute approximate surface area is 140 Å². The van der Waals surface area contributed by atoms with Crippen molar-refractivity contribution < 1.29 is 18.9 Å². The maximum atomic E-state index is 5.51. The Kier molecular flexibility index (Phi) is 5.38. The first-order chi connectivity index (χ1) is 11.3. The molecule has 6 heteroatoms. The molecule has 0 saturated heterocycles. The number of methoxy groups -OCH3 is 2. The van der Waals surface area contributed by atoms with Crippen molar-refractivity contribution in [2.75, 3.05) is 34.2 Å². The van der Waals surface area contributed by atoms with Crippen LogP contribution in [0.3, 0.4) is 0 Å². The molecule has 1 aliphatic rings. The lowest BCUT2D eigenvalue weighted by molar-refractivity contribution is 0.140. The van der Waals surface area contributed by atoms with Gasteiger partial charge in [-0.3, -0.25) is 4.90 Å². The molecule has 0 radical (unpaired) electrons. The summed E-state index contributed by atoms with van der Waals surface area (Å²) in [5.74, 6) is 2.16. The standard InChI is InChI=1S/C17H21NO4S/c1-19-6-5-18(11-14-4-3-7-23-14)10-13-8-15(20-2)17-16(9-13)21-12-22-17/h3-4,7-9H,5-6,10-12H2,1-2H3. The minimum atomic E-state index is 0.248. The normalized spacial score (nSPS) is 12.8. The average Bonchev–Trinajstić information content (AvgIpc) is 3.23. The predicted octanol–water partition coefficient (Wildman–Crippen LogP) is 3.13. The van der Waals surface area contributed by atoms with Gasteiger partial charge in [0.2, 0.25) is 12.5 Å². The molecule has 0 saturated carbocycles. The molecule has 0 N–H and O–H groups in total. The second kappa shape index (κ2) is 7.68. The lowest BCUT2D eigenvalue weighted by Crippen LogP contribution is -2.26. The molecule has 0 unspecified atom stereocenters. The third kappa shape index (κ3) is 3.96. The number of ether oxygens (including phenoxy) is 4. The number of fused-ring (bicyclic) bond motifs is 1. The highest BCUT2D eigenvalue weighted by Crippen LogP contribution is 2.42. The quantitative estimate of drug-likeness (QED) is 0.741.